The number of fused-ring (bicyclic) bond motifs is 1. The van der Waals surface area contributed by atoms with E-state index in [4.69, 9.17) is 35.5 Å². The molecular weight excluding hydrogens is 662 g/mol. The SMILES string of the molecule is CCOc1cc(C)c(-c2nc3ccccc3c(=O)n2N=Cc2cc(OCC)c(OCC(=O)OC(C)C)c(Cl)c2Br)cc1C(C)C. The zero-order valence-corrected chi connectivity index (χ0v) is 28.8. The topological polar surface area (TPSA) is 101 Å². The molecule has 0 bridgehead atoms. The van der Waals surface area contributed by atoms with Crippen molar-refractivity contribution in [1.29, 1.82) is 0 Å². The molecule has 0 fully saturated rings. The van der Waals surface area contributed by atoms with Gasteiger partial charge in [-0.1, -0.05) is 37.6 Å². The third-order valence-electron chi connectivity index (χ3n) is 6.74. The molecule has 238 valence electrons. The van der Waals surface area contributed by atoms with E-state index in [0.29, 0.717) is 45.7 Å². The fourth-order valence-corrected chi connectivity index (χ4v) is 5.37. The van der Waals surface area contributed by atoms with Gasteiger partial charge in [-0.2, -0.15) is 9.78 Å². The van der Waals surface area contributed by atoms with E-state index in [1.165, 1.54) is 10.9 Å². The monoisotopic (exact) mass is 697 g/mol. The van der Waals surface area contributed by atoms with Crippen molar-refractivity contribution >= 4 is 50.6 Å². The molecule has 0 N–H and O–H groups in total. The van der Waals surface area contributed by atoms with Crippen LogP contribution in [-0.2, 0) is 9.53 Å². The molecule has 4 aromatic rings. The Labute approximate surface area is 276 Å². The Balaban J connectivity index is 1.87. The van der Waals surface area contributed by atoms with Crippen molar-refractivity contribution in [2.75, 3.05) is 19.8 Å². The van der Waals surface area contributed by atoms with Crippen molar-refractivity contribution < 1.29 is 23.7 Å². The lowest BCUT2D eigenvalue weighted by molar-refractivity contribution is -0.149. The summed E-state index contributed by atoms with van der Waals surface area (Å²) in [5.41, 5.74) is 3.38. The second kappa shape index (κ2) is 14.9. The quantitative estimate of drug-likeness (QED) is 0.109. The number of esters is 1. The van der Waals surface area contributed by atoms with E-state index in [2.05, 4.69) is 34.9 Å². The summed E-state index contributed by atoms with van der Waals surface area (Å²) in [6.07, 6.45) is 1.22. The van der Waals surface area contributed by atoms with Gasteiger partial charge in [0.2, 0.25) is 0 Å². The normalized spacial score (nSPS) is 11.5. The molecule has 0 radical (unpaired) electrons. The molecule has 0 spiro atoms. The minimum atomic E-state index is -0.536. The molecule has 0 aliphatic rings. The molecule has 0 amide bonds. The van der Waals surface area contributed by atoms with Crippen LogP contribution in [0.2, 0.25) is 5.02 Å². The maximum atomic E-state index is 13.9. The second-order valence-electron chi connectivity index (χ2n) is 10.8. The van der Waals surface area contributed by atoms with E-state index in [1.54, 1.807) is 32.0 Å². The molecule has 4 rings (SSSR count). The highest BCUT2D eigenvalue weighted by Gasteiger charge is 2.21. The average Bonchev–Trinajstić information content (AvgIpc) is 2.98. The van der Waals surface area contributed by atoms with Crippen LogP contribution in [0.5, 0.6) is 17.2 Å². The Hall–Kier alpha value is -3.89. The minimum absolute atomic E-state index is 0.165. The Morgan fingerprint density at radius 3 is 2.40 bits per heavy atom. The van der Waals surface area contributed by atoms with Gasteiger partial charge in [-0.15, -0.1) is 0 Å². The highest BCUT2D eigenvalue weighted by atomic mass is 79.9. The molecule has 0 unspecified atom stereocenters. The maximum Gasteiger partial charge on any atom is 0.344 e. The molecular formula is C34H37BrClN3O6. The standard InChI is InChI=1S/C34H37BrClN3O6/c1-8-42-27-14-21(7)25(16-24(27)19(3)4)33-38-26-13-11-10-12-23(26)34(41)39(33)37-17-22-15-28(43-9-2)32(31(36)30(22)35)44-18-29(40)45-20(5)6/h10-17,19-20H,8-9,18H2,1-7H3. The van der Waals surface area contributed by atoms with Gasteiger partial charge in [0.25, 0.3) is 5.56 Å². The first-order valence-corrected chi connectivity index (χ1v) is 15.9. The Bertz CT molecular complexity index is 1800. The lowest BCUT2D eigenvalue weighted by atomic mass is 9.96. The molecule has 0 saturated carbocycles. The largest absolute Gasteiger partial charge is 0.494 e. The first-order valence-electron chi connectivity index (χ1n) is 14.8. The highest BCUT2D eigenvalue weighted by Crippen LogP contribution is 2.42. The van der Waals surface area contributed by atoms with Crippen LogP contribution in [0.1, 0.15) is 64.2 Å². The number of nitrogens with zero attached hydrogens (tertiary/aromatic N) is 3. The number of ether oxygens (including phenoxy) is 4. The fourth-order valence-electron chi connectivity index (χ4n) is 4.72. The number of hydrogen-bond donors (Lipinski definition) is 0. The molecule has 9 nitrogen and oxygen atoms in total. The zero-order valence-electron chi connectivity index (χ0n) is 26.4. The molecule has 0 aliphatic carbocycles. The van der Waals surface area contributed by atoms with Crippen LogP contribution in [0, 0.1) is 6.92 Å². The van der Waals surface area contributed by atoms with Gasteiger partial charge in [-0.25, -0.2) is 9.78 Å². The average molecular weight is 699 g/mol. The van der Waals surface area contributed by atoms with Crippen molar-refractivity contribution in [2.45, 2.75) is 60.5 Å². The van der Waals surface area contributed by atoms with E-state index < -0.39 is 5.97 Å². The number of rotatable bonds is 12. The minimum Gasteiger partial charge on any atom is -0.494 e. The van der Waals surface area contributed by atoms with Crippen LogP contribution in [0.25, 0.3) is 22.3 Å². The summed E-state index contributed by atoms with van der Waals surface area (Å²) in [7, 11) is 0. The summed E-state index contributed by atoms with van der Waals surface area (Å²) in [6.45, 7) is 13.9. The first kappa shape index (κ1) is 34.0. The molecule has 0 saturated heterocycles. The summed E-state index contributed by atoms with van der Waals surface area (Å²) in [5, 5.41) is 5.24. The predicted octanol–water partition coefficient (Wildman–Crippen LogP) is 7.92. The smallest absolute Gasteiger partial charge is 0.344 e. The zero-order chi connectivity index (χ0) is 32.8. The summed E-state index contributed by atoms with van der Waals surface area (Å²) in [5.74, 6) is 1.30. The predicted molar refractivity (Wildman–Crippen MR) is 181 cm³/mol. The van der Waals surface area contributed by atoms with Crippen LogP contribution in [0.4, 0.5) is 0 Å². The maximum absolute atomic E-state index is 13.9. The fraction of sp³-hybridized carbons (Fsp3) is 0.353. The van der Waals surface area contributed by atoms with Gasteiger partial charge in [0.05, 0.1) is 36.4 Å². The van der Waals surface area contributed by atoms with Crippen LogP contribution in [0.3, 0.4) is 0 Å². The number of benzene rings is 3. The summed E-state index contributed by atoms with van der Waals surface area (Å²) in [4.78, 5) is 30.9. The Morgan fingerprint density at radius 1 is 1.04 bits per heavy atom. The molecule has 11 heteroatoms. The summed E-state index contributed by atoms with van der Waals surface area (Å²) in [6, 6.07) is 12.8. The van der Waals surface area contributed by atoms with Gasteiger partial charge < -0.3 is 18.9 Å². The van der Waals surface area contributed by atoms with Crippen molar-refractivity contribution in [3.8, 4) is 28.6 Å². The van der Waals surface area contributed by atoms with E-state index >= 15 is 0 Å². The van der Waals surface area contributed by atoms with Crippen LogP contribution >= 0.6 is 27.5 Å². The third-order valence-corrected chi connectivity index (χ3v) is 8.19. The van der Waals surface area contributed by atoms with E-state index in [1.807, 2.05) is 45.0 Å². The number of carbonyl (C=O) groups is 1. The van der Waals surface area contributed by atoms with Gasteiger partial charge >= 0.3 is 5.97 Å². The molecule has 45 heavy (non-hydrogen) atoms. The lowest BCUT2D eigenvalue weighted by Crippen LogP contribution is -2.21. The summed E-state index contributed by atoms with van der Waals surface area (Å²) >= 11 is 10.2. The first-order chi connectivity index (χ1) is 21.5. The van der Waals surface area contributed by atoms with Crippen molar-refractivity contribution in [3.63, 3.8) is 0 Å². The van der Waals surface area contributed by atoms with Crippen molar-refractivity contribution in [3.05, 3.63) is 79.0 Å². The van der Waals surface area contributed by atoms with E-state index in [-0.39, 0.29) is 35.0 Å². The number of aromatic nitrogens is 2. The van der Waals surface area contributed by atoms with Gasteiger partial charge in [-0.05, 0) is 97.9 Å². The number of hydrogen-bond acceptors (Lipinski definition) is 8. The van der Waals surface area contributed by atoms with Crippen LogP contribution < -0.4 is 19.8 Å². The van der Waals surface area contributed by atoms with Gasteiger partial charge in [0.1, 0.15) is 10.8 Å². The summed E-state index contributed by atoms with van der Waals surface area (Å²) < 4.78 is 24.3. The molecule has 0 aliphatic heterocycles. The number of para-hydroxylation sites is 1. The van der Waals surface area contributed by atoms with Crippen molar-refractivity contribution in [1.82, 2.24) is 9.66 Å². The molecule has 1 aromatic heterocycles. The number of halogens is 2. The van der Waals surface area contributed by atoms with Crippen LogP contribution in [-0.4, -0.2) is 47.8 Å². The highest BCUT2D eigenvalue weighted by molar-refractivity contribution is 9.10. The van der Waals surface area contributed by atoms with Gasteiger partial charge in [0.15, 0.2) is 23.9 Å². The lowest BCUT2D eigenvalue weighted by Gasteiger charge is -2.18. The van der Waals surface area contributed by atoms with Gasteiger partial charge in [-0.3, -0.25) is 4.79 Å². The molecule has 3 aromatic carbocycles. The van der Waals surface area contributed by atoms with E-state index in [0.717, 1.165) is 22.4 Å². The second-order valence-corrected chi connectivity index (χ2v) is 12.0. The van der Waals surface area contributed by atoms with E-state index in [9.17, 15) is 9.59 Å². The Morgan fingerprint density at radius 2 is 1.73 bits per heavy atom. The molecule has 1 heterocycles. The van der Waals surface area contributed by atoms with Gasteiger partial charge in [0, 0.05) is 15.6 Å². The third kappa shape index (κ3) is 7.68. The molecule has 0 atom stereocenters. The number of aryl methyl sites for hydroxylation is 1. The number of carbonyl (C=O) groups excluding carboxylic acids is 1. The Kier molecular flexibility index (Phi) is 11.3. The van der Waals surface area contributed by atoms with Crippen molar-refractivity contribution in [2.24, 2.45) is 5.10 Å². The van der Waals surface area contributed by atoms with Crippen LogP contribution in [0.15, 0.2) is 56.8 Å².